The van der Waals surface area contributed by atoms with Crippen molar-refractivity contribution in [1.29, 1.82) is 0 Å². The lowest BCUT2D eigenvalue weighted by atomic mass is 9.88. The highest BCUT2D eigenvalue weighted by Gasteiger charge is 2.23. The predicted molar refractivity (Wildman–Crippen MR) is 145 cm³/mol. The van der Waals surface area contributed by atoms with Crippen LogP contribution < -0.4 is 4.74 Å². The Labute approximate surface area is 208 Å². The van der Waals surface area contributed by atoms with Crippen LogP contribution >= 0.6 is 0 Å². The van der Waals surface area contributed by atoms with Gasteiger partial charge in [-0.1, -0.05) is 62.4 Å². The van der Waals surface area contributed by atoms with Crippen LogP contribution in [0.3, 0.4) is 0 Å². The number of nitrogens with one attached hydrogen (secondary N) is 1. The highest BCUT2D eigenvalue weighted by Crippen LogP contribution is 2.36. The molecule has 3 aromatic carbocycles. The van der Waals surface area contributed by atoms with Gasteiger partial charge in [-0.2, -0.15) is 5.10 Å². The van der Waals surface area contributed by atoms with E-state index in [1.807, 2.05) is 6.20 Å². The number of aromatic amines is 1. The first kappa shape index (κ1) is 23.4. The number of benzene rings is 3. The topological polar surface area (TPSA) is 41.1 Å². The van der Waals surface area contributed by atoms with Gasteiger partial charge in [0.25, 0.3) is 0 Å². The first-order chi connectivity index (χ1) is 17.1. The van der Waals surface area contributed by atoms with E-state index in [-0.39, 0.29) is 0 Å². The first-order valence-corrected chi connectivity index (χ1v) is 12.8. The van der Waals surface area contributed by atoms with E-state index >= 15 is 0 Å². The van der Waals surface area contributed by atoms with Crippen molar-refractivity contribution >= 4 is 22.0 Å². The number of aromatic nitrogens is 2. The highest BCUT2D eigenvalue weighted by atomic mass is 16.5. The van der Waals surface area contributed by atoms with Gasteiger partial charge in [0.15, 0.2) is 0 Å². The summed E-state index contributed by atoms with van der Waals surface area (Å²) in [7, 11) is 0. The molecule has 2 heterocycles. The Kier molecular flexibility index (Phi) is 7.01. The maximum atomic E-state index is 6.20. The van der Waals surface area contributed by atoms with E-state index in [1.54, 1.807) is 0 Å². The Morgan fingerprint density at radius 2 is 1.80 bits per heavy atom. The number of nitrogens with zero attached hydrogens (tertiary/aromatic N) is 2. The third-order valence-electron chi connectivity index (χ3n) is 7.22. The minimum Gasteiger partial charge on any atom is -0.492 e. The molecule has 1 aliphatic rings. The van der Waals surface area contributed by atoms with Gasteiger partial charge >= 0.3 is 0 Å². The van der Waals surface area contributed by atoms with Gasteiger partial charge in [0.05, 0.1) is 11.7 Å². The fourth-order valence-corrected chi connectivity index (χ4v) is 5.19. The van der Waals surface area contributed by atoms with Crippen molar-refractivity contribution in [3.63, 3.8) is 0 Å². The zero-order valence-electron chi connectivity index (χ0n) is 21.0. The summed E-state index contributed by atoms with van der Waals surface area (Å²) in [6.07, 6.45) is 4.12. The zero-order valence-corrected chi connectivity index (χ0v) is 21.0. The smallest absolute Gasteiger partial charge is 0.119 e. The number of H-pyrrole nitrogens is 1. The Morgan fingerprint density at radius 1 is 1.03 bits per heavy atom. The summed E-state index contributed by atoms with van der Waals surface area (Å²) in [5.74, 6) is 1.72. The Hall–Kier alpha value is -3.37. The molecule has 1 saturated heterocycles. The molecule has 4 aromatic rings. The quantitative estimate of drug-likeness (QED) is 0.284. The van der Waals surface area contributed by atoms with Gasteiger partial charge in [-0.15, -0.1) is 0 Å². The predicted octanol–water partition coefficient (Wildman–Crippen LogP) is 7.04. The number of rotatable bonds is 8. The maximum Gasteiger partial charge on any atom is 0.119 e. The van der Waals surface area contributed by atoms with Crippen molar-refractivity contribution in [2.24, 2.45) is 5.92 Å². The summed E-state index contributed by atoms with van der Waals surface area (Å²) in [4.78, 5) is 2.54. The zero-order chi connectivity index (χ0) is 24.2. The molecule has 4 nitrogen and oxygen atoms in total. The number of fused-ring (bicyclic) bond motifs is 1. The molecule has 0 radical (unpaired) electrons. The molecule has 0 amide bonds. The van der Waals surface area contributed by atoms with Gasteiger partial charge in [0.1, 0.15) is 12.4 Å². The number of allylic oxidation sites excluding steroid dienone is 1. The van der Waals surface area contributed by atoms with Crippen LogP contribution in [0.5, 0.6) is 5.75 Å². The molecule has 1 N–H and O–H groups in total. The third kappa shape index (κ3) is 5.18. The Bertz CT molecular complexity index is 1290. The van der Waals surface area contributed by atoms with E-state index in [0.29, 0.717) is 6.04 Å². The van der Waals surface area contributed by atoms with Gasteiger partial charge in [-0.05, 0) is 84.3 Å². The van der Waals surface area contributed by atoms with E-state index in [4.69, 9.17) is 4.74 Å². The SMILES string of the molecule is CCC(=C(c1ccc(OCC(C)N2CCC(C)C2)cc1)c1ccc2[nH]ncc2c1)c1ccccc1. The molecular weight excluding hydrogens is 430 g/mol. The minimum absolute atomic E-state index is 0.432. The average molecular weight is 466 g/mol. The second kappa shape index (κ2) is 10.5. The third-order valence-corrected chi connectivity index (χ3v) is 7.22. The molecule has 5 rings (SSSR count). The van der Waals surface area contributed by atoms with E-state index in [9.17, 15) is 0 Å². The second-order valence-electron chi connectivity index (χ2n) is 9.82. The number of likely N-dealkylation sites (tertiary alicyclic amines) is 1. The van der Waals surface area contributed by atoms with E-state index < -0.39 is 0 Å². The molecule has 0 bridgehead atoms. The van der Waals surface area contributed by atoms with E-state index in [1.165, 1.54) is 47.3 Å². The van der Waals surface area contributed by atoms with Gasteiger partial charge in [-0.25, -0.2) is 0 Å². The summed E-state index contributed by atoms with van der Waals surface area (Å²) in [5, 5.41) is 8.40. The average Bonchev–Trinajstić information content (AvgIpc) is 3.55. The summed E-state index contributed by atoms with van der Waals surface area (Å²) in [6, 6.07) is 26.3. The summed E-state index contributed by atoms with van der Waals surface area (Å²) < 4.78 is 6.20. The van der Waals surface area contributed by atoms with Crippen LogP contribution in [-0.4, -0.2) is 40.8 Å². The van der Waals surface area contributed by atoms with Crippen LogP contribution in [0.1, 0.15) is 50.3 Å². The highest BCUT2D eigenvalue weighted by molar-refractivity contribution is 6.00. The van der Waals surface area contributed by atoms with E-state index in [0.717, 1.165) is 35.6 Å². The fourth-order valence-electron chi connectivity index (χ4n) is 5.19. The molecule has 1 fully saturated rings. The summed E-state index contributed by atoms with van der Waals surface area (Å²) in [5.41, 5.74) is 7.29. The lowest BCUT2D eigenvalue weighted by Gasteiger charge is -2.24. The molecule has 4 heteroatoms. The normalized spacial score (nSPS) is 18.0. The Balaban J connectivity index is 1.45. The Morgan fingerprint density at radius 3 is 2.51 bits per heavy atom. The molecule has 35 heavy (non-hydrogen) atoms. The van der Waals surface area contributed by atoms with Crippen LogP contribution in [0.25, 0.3) is 22.0 Å². The van der Waals surface area contributed by atoms with Gasteiger partial charge < -0.3 is 4.74 Å². The number of hydrogen-bond acceptors (Lipinski definition) is 3. The van der Waals surface area contributed by atoms with Crippen molar-refractivity contribution in [3.8, 4) is 5.75 Å². The summed E-state index contributed by atoms with van der Waals surface area (Å²) in [6.45, 7) is 9.91. The van der Waals surface area contributed by atoms with E-state index in [2.05, 4.69) is 109 Å². The lowest BCUT2D eigenvalue weighted by molar-refractivity contribution is 0.169. The monoisotopic (exact) mass is 465 g/mol. The number of ether oxygens (including phenoxy) is 1. The molecule has 0 spiro atoms. The summed E-state index contributed by atoms with van der Waals surface area (Å²) >= 11 is 0. The largest absolute Gasteiger partial charge is 0.492 e. The van der Waals surface area contributed by atoms with Crippen LogP contribution in [-0.2, 0) is 0 Å². The molecule has 1 aliphatic heterocycles. The molecule has 2 atom stereocenters. The molecule has 0 aliphatic carbocycles. The van der Waals surface area contributed by atoms with Gasteiger partial charge in [-0.3, -0.25) is 10.00 Å². The van der Waals surface area contributed by atoms with Crippen molar-refractivity contribution < 1.29 is 4.74 Å². The lowest BCUT2D eigenvalue weighted by Crippen LogP contribution is -2.35. The molecule has 0 saturated carbocycles. The van der Waals surface area contributed by atoms with Crippen molar-refractivity contribution in [3.05, 3.63) is 95.7 Å². The van der Waals surface area contributed by atoms with Crippen molar-refractivity contribution in [1.82, 2.24) is 15.1 Å². The fraction of sp³-hybridized carbons (Fsp3) is 0.323. The van der Waals surface area contributed by atoms with Gasteiger partial charge in [0, 0.05) is 18.0 Å². The van der Waals surface area contributed by atoms with Crippen LogP contribution in [0.2, 0.25) is 0 Å². The van der Waals surface area contributed by atoms with Crippen LogP contribution in [0.15, 0.2) is 79.0 Å². The second-order valence-corrected chi connectivity index (χ2v) is 9.82. The molecular formula is C31H35N3O. The minimum atomic E-state index is 0.432. The van der Waals surface area contributed by atoms with Crippen molar-refractivity contribution in [2.75, 3.05) is 19.7 Å². The standard InChI is InChI=1S/C31H35N3O/c1-4-29(24-8-6-5-7-9-24)31(26-12-15-30-27(18-26)19-32-33-30)25-10-13-28(14-11-25)35-21-23(3)34-17-16-22(2)20-34/h5-15,18-19,22-23H,4,16-17,20-21H2,1-3H3,(H,32,33). The maximum absolute atomic E-state index is 6.20. The first-order valence-electron chi connectivity index (χ1n) is 12.8. The molecule has 180 valence electrons. The van der Waals surface area contributed by atoms with Crippen LogP contribution in [0, 0.1) is 5.92 Å². The molecule has 2 unspecified atom stereocenters. The van der Waals surface area contributed by atoms with Crippen molar-refractivity contribution in [2.45, 2.75) is 39.7 Å². The van der Waals surface area contributed by atoms with Crippen LogP contribution in [0.4, 0.5) is 0 Å². The molecule has 1 aromatic heterocycles. The number of hydrogen-bond donors (Lipinski definition) is 1. The van der Waals surface area contributed by atoms with Gasteiger partial charge in [0.2, 0.25) is 0 Å².